The zero-order valence-electron chi connectivity index (χ0n) is 13.4. The third kappa shape index (κ3) is 5.34. The highest BCUT2D eigenvalue weighted by Crippen LogP contribution is 2.15. The molecule has 0 aromatic carbocycles. The SMILES string of the molecule is CC(C)N1C(=O)CC(NCCNC(=O)OC(C)(C)C)C1=O. The number of nitrogens with zero attached hydrogens (tertiary/aromatic N) is 1. The average molecular weight is 299 g/mol. The normalized spacial score (nSPS) is 19.3. The zero-order chi connectivity index (χ0) is 16.2. The van der Waals surface area contributed by atoms with Crippen molar-refractivity contribution < 1.29 is 19.1 Å². The molecule has 2 N–H and O–H groups in total. The fraction of sp³-hybridized carbons (Fsp3) is 0.786. The maximum Gasteiger partial charge on any atom is 0.407 e. The summed E-state index contributed by atoms with van der Waals surface area (Å²) in [6.07, 6.45) is -0.328. The van der Waals surface area contributed by atoms with E-state index >= 15 is 0 Å². The lowest BCUT2D eigenvalue weighted by Gasteiger charge is -2.20. The molecule has 0 radical (unpaired) electrons. The summed E-state index contributed by atoms with van der Waals surface area (Å²) < 4.78 is 5.09. The smallest absolute Gasteiger partial charge is 0.407 e. The molecule has 0 aromatic rings. The van der Waals surface area contributed by atoms with Gasteiger partial charge >= 0.3 is 6.09 Å². The summed E-state index contributed by atoms with van der Waals surface area (Å²) in [5.74, 6) is -0.361. The molecule has 0 bridgehead atoms. The van der Waals surface area contributed by atoms with E-state index in [1.807, 2.05) is 13.8 Å². The Morgan fingerprint density at radius 3 is 2.43 bits per heavy atom. The lowest BCUT2D eigenvalue weighted by atomic mass is 10.2. The summed E-state index contributed by atoms with van der Waals surface area (Å²) in [5, 5.41) is 5.57. The molecule has 1 rings (SSSR count). The molecule has 1 atom stereocenters. The molecule has 0 spiro atoms. The summed E-state index contributed by atoms with van der Waals surface area (Å²) in [6.45, 7) is 9.70. The monoisotopic (exact) mass is 299 g/mol. The topological polar surface area (TPSA) is 87.7 Å². The molecule has 0 saturated carbocycles. The average Bonchev–Trinajstić information content (AvgIpc) is 2.57. The van der Waals surface area contributed by atoms with Crippen LogP contribution in [0.4, 0.5) is 4.79 Å². The van der Waals surface area contributed by atoms with E-state index < -0.39 is 17.7 Å². The van der Waals surface area contributed by atoms with E-state index in [1.165, 1.54) is 4.90 Å². The van der Waals surface area contributed by atoms with E-state index in [1.54, 1.807) is 20.8 Å². The largest absolute Gasteiger partial charge is 0.444 e. The molecule has 7 heteroatoms. The van der Waals surface area contributed by atoms with Crippen molar-refractivity contribution in [3.8, 4) is 0 Å². The van der Waals surface area contributed by atoms with Crippen molar-refractivity contribution in [1.82, 2.24) is 15.5 Å². The van der Waals surface area contributed by atoms with Gasteiger partial charge in [-0.05, 0) is 34.6 Å². The molecule has 3 amide bonds. The van der Waals surface area contributed by atoms with Gasteiger partial charge in [-0.25, -0.2) is 4.79 Å². The van der Waals surface area contributed by atoms with Crippen LogP contribution in [-0.2, 0) is 14.3 Å². The molecule has 7 nitrogen and oxygen atoms in total. The van der Waals surface area contributed by atoms with Crippen LogP contribution in [0.1, 0.15) is 41.0 Å². The lowest BCUT2D eigenvalue weighted by molar-refractivity contribution is -0.140. The number of rotatable bonds is 5. The van der Waals surface area contributed by atoms with Gasteiger partial charge < -0.3 is 15.4 Å². The number of hydrogen-bond donors (Lipinski definition) is 2. The Bertz CT molecular complexity index is 415. The number of nitrogens with one attached hydrogen (secondary N) is 2. The van der Waals surface area contributed by atoms with Crippen molar-refractivity contribution >= 4 is 17.9 Å². The van der Waals surface area contributed by atoms with Gasteiger partial charge in [-0.3, -0.25) is 14.5 Å². The number of amides is 3. The summed E-state index contributed by atoms with van der Waals surface area (Å²) in [4.78, 5) is 36.4. The van der Waals surface area contributed by atoms with Gasteiger partial charge in [0.1, 0.15) is 5.60 Å². The third-order valence-corrected chi connectivity index (χ3v) is 2.88. The van der Waals surface area contributed by atoms with Crippen LogP contribution in [0.3, 0.4) is 0 Å². The van der Waals surface area contributed by atoms with Crippen molar-refractivity contribution in [2.24, 2.45) is 0 Å². The maximum atomic E-state index is 12.0. The first-order valence-corrected chi connectivity index (χ1v) is 7.18. The summed E-state index contributed by atoms with van der Waals surface area (Å²) in [6, 6.07) is -0.628. The van der Waals surface area contributed by atoms with E-state index in [2.05, 4.69) is 10.6 Å². The molecule has 1 heterocycles. The maximum absolute atomic E-state index is 12.0. The van der Waals surface area contributed by atoms with Gasteiger partial charge in [-0.2, -0.15) is 0 Å². The molecule has 1 aliphatic heterocycles. The Morgan fingerprint density at radius 1 is 1.33 bits per heavy atom. The highest BCUT2D eigenvalue weighted by molar-refractivity contribution is 6.05. The quantitative estimate of drug-likeness (QED) is 0.574. The second-order valence-corrected chi connectivity index (χ2v) is 6.34. The van der Waals surface area contributed by atoms with Crippen molar-refractivity contribution in [3.63, 3.8) is 0 Å². The Balaban J connectivity index is 2.30. The van der Waals surface area contributed by atoms with Crippen LogP contribution >= 0.6 is 0 Å². The first-order chi connectivity index (χ1) is 9.61. The van der Waals surface area contributed by atoms with Crippen molar-refractivity contribution in [3.05, 3.63) is 0 Å². The highest BCUT2D eigenvalue weighted by atomic mass is 16.6. The molecule has 1 saturated heterocycles. The number of carbonyl (C=O) groups is 3. The van der Waals surface area contributed by atoms with Gasteiger partial charge in [0.05, 0.1) is 12.5 Å². The first kappa shape index (κ1) is 17.4. The fourth-order valence-electron chi connectivity index (χ4n) is 2.08. The molecular weight excluding hydrogens is 274 g/mol. The van der Waals surface area contributed by atoms with Crippen LogP contribution < -0.4 is 10.6 Å². The number of carbonyl (C=O) groups excluding carboxylic acids is 3. The number of ether oxygens (including phenoxy) is 1. The van der Waals surface area contributed by atoms with Crippen LogP contribution in [0, 0.1) is 0 Å². The molecule has 1 aliphatic rings. The van der Waals surface area contributed by atoms with Gasteiger partial charge in [-0.15, -0.1) is 0 Å². The minimum atomic E-state index is -0.539. The van der Waals surface area contributed by atoms with Crippen molar-refractivity contribution in [2.75, 3.05) is 13.1 Å². The molecular formula is C14H25N3O4. The summed E-state index contributed by atoms with van der Waals surface area (Å²) in [7, 11) is 0. The van der Waals surface area contributed by atoms with Crippen LogP contribution in [0.15, 0.2) is 0 Å². The van der Waals surface area contributed by atoms with E-state index in [0.29, 0.717) is 13.1 Å². The number of hydrogen-bond acceptors (Lipinski definition) is 5. The summed E-state index contributed by atoms with van der Waals surface area (Å²) in [5.41, 5.74) is -0.539. The molecule has 1 unspecified atom stereocenters. The Labute approximate surface area is 125 Å². The fourth-order valence-corrected chi connectivity index (χ4v) is 2.08. The molecule has 0 aromatic heterocycles. The molecule has 1 fully saturated rings. The van der Waals surface area contributed by atoms with Crippen LogP contribution in [0.5, 0.6) is 0 Å². The lowest BCUT2D eigenvalue weighted by Crippen LogP contribution is -2.44. The van der Waals surface area contributed by atoms with Crippen LogP contribution in [0.2, 0.25) is 0 Å². The van der Waals surface area contributed by atoms with Gasteiger partial charge in [0, 0.05) is 19.1 Å². The van der Waals surface area contributed by atoms with Gasteiger partial charge in [0.15, 0.2) is 0 Å². The second kappa shape index (κ2) is 6.89. The van der Waals surface area contributed by atoms with Crippen LogP contribution in [0.25, 0.3) is 0 Å². The van der Waals surface area contributed by atoms with Crippen molar-refractivity contribution in [1.29, 1.82) is 0 Å². The van der Waals surface area contributed by atoms with Gasteiger partial charge in [0.25, 0.3) is 0 Å². The molecule has 120 valence electrons. The van der Waals surface area contributed by atoms with E-state index in [9.17, 15) is 14.4 Å². The standard InChI is InChI=1S/C14H25N3O4/c1-9(2)17-11(18)8-10(12(17)19)15-6-7-16-13(20)21-14(3,4)5/h9-10,15H,6-8H2,1-5H3,(H,16,20). The number of alkyl carbamates (subject to hydrolysis) is 1. The summed E-state index contributed by atoms with van der Waals surface area (Å²) >= 11 is 0. The number of imide groups is 1. The highest BCUT2D eigenvalue weighted by Gasteiger charge is 2.39. The predicted octanol–water partition coefficient (Wildman–Crippen LogP) is 0.637. The Kier molecular flexibility index (Phi) is 5.71. The van der Waals surface area contributed by atoms with E-state index in [0.717, 1.165) is 0 Å². The Morgan fingerprint density at radius 2 is 1.95 bits per heavy atom. The second-order valence-electron chi connectivity index (χ2n) is 6.34. The number of likely N-dealkylation sites (tertiary alicyclic amines) is 1. The zero-order valence-corrected chi connectivity index (χ0v) is 13.4. The van der Waals surface area contributed by atoms with Crippen molar-refractivity contribution in [2.45, 2.75) is 58.7 Å². The van der Waals surface area contributed by atoms with Gasteiger partial charge in [0.2, 0.25) is 11.8 Å². The minimum Gasteiger partial charge on any atom is -0.444 e. The van der Waals surface area contributed by atoms with E-state index in [-0.39, 0.29) is 24.3 Å². The minimum absolute atomic E-state index is 0.128. The Hall–Kier alpha value is -1.63. The van der Waals surface area contributed by atoms with Crippen LogP contribution in [-0.4, -0.2) is 53.6 Å². The first-order valence-electron chi connectivity index (χ1n) is 7.18. The third-order valence-electron chi connectivity index (χ3n) is 2.88. The molecule has 0 aliphatic carbocycles. The van der Waals surface area contributed by atoms with E-state index in [4.69, 9.17) is 4.74 Å². The van der Waals surface area contributed by atoms with Gasteiger partial charge in [-0.1, -0.05) is 0 Å². The predicted molar refractivity (Wildman–Crippen MR) is 77.6 cm³/mol. The molecule has 21 heavy (non-hydrogen) atoms.